The summed E-state index contributed by atoms with van der Waals surface area (Å²) in [6.07, 6.45) is -0.501. The first-order valence-corrected chi connectivity index (χ1v) is 5.35. The van der Waals surface area contributed by atoms with Gasteiger partial charge >= 0.3 is 0 Å². The molecule has 0 saturated carbocycles. The molecule has 0 unspecified atom stereocenters. The summed E-state index contributed by atoms with van der Waals surface area (Å²) in [7, 11) is 0. The fourth-order valence-corrected chi connectivity index (χ4v) is 2.11. The summed E-state index contributed by atoms with van der Waals surface area (Å²) < 4.78 is 0. The smallest absolute Gasteiger partial charge is 0.252 e. The van der Waals surface area contributed by atoms with E-state index in [1.807, 2.05) is 19.9 Å². The van der Waals surface area contributed by atoms with Crippen molar-refractivity contribution in [3.05, 3.63) is 21.4 Å². The van der Waals surface area contributed by atoms with Crippen LogP contribution in [0.1, 0.15) is 27.0 Å². The Kier molecular flexibility index (Phi) is 3.66. The normalized spacial score (nSPS) is 12.6. The van der Waals surface area contributed by atoms with Crippen molar-refractivity contribution in [1.82, 2.24) is 5.32 Å². The highest BCUT2D eigenvalue weighted by molar-refractivity contribution is 7.12. The van der Waals surface area contributed by atoms with Crippen LogP contribution in [-0.2, 0) is 0 Å². The number of amides is 1. The van der Waals surface area contributed by atoms with Gasteiger partial charge in [-0.3, -0.25) is 4.79 Å². The summed E-state index contributed by atoms with van der Waals surface area (Å²) in [5.74, 6) is -0.104. The average Bonchev–Trinajstić information content (AvgIpc) is 2.41. The van der Waals surface area contributed by atoms with Crippen LogP contribution < -0.4 is 5.32 Å². The highest BCUT2D eigenvalue weighted by atomic mass is 32.1. The minimum absolute atomic E-state index is 0.104. The van der Waals surface area contributed by atoms with Crippen LogP contribution >= 0.6 is 11.3 Å². The lowest BCUT2D eigenvalue weighted by molar-refractivity contribution is 0.0924. The van der Waals surface area contributed by atoms with E-state index >= 15 is 0 Å². The van der Waals surface area contributed by atoms with E-state index in [0.717, 1.165) is 9.75 Å². The van der Waals surface area contributed by atoms with Crippen LogP contribution in [0.25, 0.3) is 0 Å². The minimum Gasteiger partial charge on any atom is -0.392 e. The molecule has 0 saturated heterocycles. The molecule has 0 spiro atoms. The van der Waals surface area contributed by atoms with Crippen molar-refractivity contribution >= 4 is 17.2 Å². The predicted molar refractivity (Wildman–Crippen MR) is 57.8 cm³/mol. The molecule has 3 nitrogen and oxygen atoms in total. The molecule has 1 aromatic heterocycles. The second-order valence-corrected chi connectivity index (χ2v) is 4.85. The topological polar surface area (TPSA) is 49.3 Å². The second kappa shape index (κ2) is 4.57. The van der Waals surface area contributed by atoms with E-state index in [1.165, 1.54) is 0 Å². The lowest BCUT2D eigenvalue weighted by Gasteiger charge is -2.06. The molecule has 1 amide bonds. The molecule has 1 aromatic rings. The summed E-state index contributed by atoms with van der Waals surface area (Å²) >= 11 is 1.61. The predicted octanol–water partition coefficient (Wildman–Crippen LogP) is 1.48. The third-order valence-corrected chi connectivity index (χ3v) is 2.81. The number of aryl methyl sites for hydroxylation is 2. The van der Waals surface area contributed by atoms with Crippen molar-refractivity contribution in [2.75, 3.05) is 6.54 Å². The van der Waals surface area contributed by atoms with Crippen LogP contribution in [0.5, 0.6) is 0 Å². The lowest BCUT2D eigenvalue weighted by Crippen LogP contribution is -2.30. The van der Waals surface area contributed by atoms with Crippen LogP contribution in [0.2, 0.25) is 0 Å². The van der Waals surface area contributed by atoms with Gasteiger partial charge in [0.2, 0.25) is 0 Å². The number of thiophene rings is 1. The Morgan fingerprint density at radius 1 is 1.64 bits per heavy atom. The standard InChI is InChI=1S/C10H15NO2S/c1-6(12)5-11-10(13)9-4-7(2)14-8(9)3/h4,6,12H,5H2,1-3H3,(H,11,13)/t6-/m1/s1. The molecule has 0 radical (unpaired) electrons. The Bertz CT molecular complexity index is 331. The van der Waals surface area contributed by atoms with Gasteiger partial charge in [-0.1, -0.05) is 0 Å². The quantitative estimate of drug-likeness (QED) is 0.799. The van der Waals surface area contributed by atoms with E-state index in [1.54, 1.807) is 18.3 Å². The Labute approximate surface area is 87.8 Å². The average molecular weight is 213 g/mol. The molecule has 0 aliphatic carbocycles. The van der Waals surface area contributed by atoms with Crippen LogP contribution in [0.4, 0.5) is 0 Å². The maximum Gasteiger partial charge on any atom is 0.252 e. The zero-order valence-corrected chi connectivity index (χ0v) is 9.44. The van der Waals surface area contributed by atoms with Gasteiger partial charge in [0.1, 0.15) is 0 Å². The van der Waals surface area contributed by atoms with E-state index in [4.69, 9.17) is 5.11 Å². The SMILES string of the molecule is Cc1cc(C(=O)NC[C@@H](C)O)c(C)s1. The Hall–Kier alpha value is -0.870. The monoisotopic (exact) mass is 213 g/mol. The van der Waals surface area contributed by atoms with Gasteiger partial charge in [-0.15, -0.1) is 11.3 Å². The number of aliphatic hydroxyl groups is 1. The van der Waals surface area contributed by atoms with Gasteiger partial charge in [-0.25, -0.2) is 0 Å². The van der Waals surface area contributed by atoms with Crippen LogP contribution in [-0.4, -0.2) is 23.7 Å². The number of nitrogens with one attached hydrogen (secondary N) is 1. The highest BCUT2D eigenvalue weighted by Crippen LogP contribution is 2.20. The van der Waals surface area contributed by atoms with Gasteiger partial charge in [0.05, 0.1) is 11.7 Å². The zero-order chi connectivity index (χ0) is 10.7. The first kappa shape index (κ1) is 11.2. The van der Waals surface area contributed by atoms with Crippen LogP contribution in [0, 0.1) is 13.8 Å². The van der Waals surface area contributed by atoms with Crippen molar-refractivity contribution < 1.29 is 9.90 Å². The molecule has 1 heterocycles. The molecule has 0 bridgehead atoms. The molecule has 2 N–H and O–H groups in total. The molecule has 4 heteroatoms. The third-order valence-electron chi connectivity index (χ3n) is 1.84. The van der Waals surface area contributed by atoms with Crippen molar-refractivity contribution in [3.63, 3.8) is 0 Å². The fourth-order valence-electron chi connectivity index (χ4n) is 1.19. The van der Waals surface area contributed by atoms with Gasteiger partial charge in [-0.05, 0) is 26.8 Å². The summed E-state index contributed by atoms with van der Waals surface area (Å²) in [5, 5.41) is 11.7. The van der Waals surface area contributed by atoms with Crippen molar-refractivity contribution in [2.45, 2.75) is 26.9 Å². The number of aliphatic hydroxyl groups excluding tert-OH is 1. The Morgan fingerprint density at radius 2 is 2.29 bits per heavy atom. The molecule has 1 rings (SSSR count). The van der Waals surface area contributed by atoms with Gasteiger partial charge in [0.15, 0.2) is 0 Å². The molecular weight excluding hydrogens is 198 g/mol. The van der Waals surface area contributed by atoms with Gasteiger partial charge in [0.25, 0.3) is 5.91 Å². The van der Waals surface area contributed by atoms with Crippen molar-refractivity contribution in [1.29, 1.82) is 0 Å². The van der Waals surface area contributed by atoms with E-state index in [-0.39, 0.29) is 5.91 Å². The van der Waals surface area contributed by atoms with Crippen LogP contribution in [0.15, 0.2) is 6.07 Å². The molecule has 0 aliphatic heterocycles. The van der Waals surface area contributed by atoms with E-state index < -0.39 is 6.10 Å². The third kappa shape index (κ3) is 2.82. The molecule has 1 atom stereocenters. The first-order chi connectivity index (χ1) is 6.50. The van der Waals surface area contributed by atoms with E-state index in [2.05, 4.69) is 5.32 Å². The molecule has 0 fully saturated rings. The zero-order valence-electron chi connectivity index (χ0n) is 8.63. The molecular formula is C10H15NO2S. The van der Waals surface area contributed by atoms with E-state index in [9.17, 15) is 4.79 Å². The summed E-state index contributed by atoms with van der Waals surface area (Å²) in [6, 6.07) is 1.87. The number of carbonyl (C=O) groups excluding carboxylic acids is 1. The Balaban J connectivity index is 2.65. The van der Waals surface area contributed by atoms with Crippen LogP contribution in [0.3, 0.4) is 0 Å². The highest BCUT2D eigenvalue weighted by Gasteiger charge is 2.11. The first-order valence-electron chi connectivity index (χ1n) is 4.54. The molecule has 0 aliphatic rings. The summed E-state index contributed by atoms with van der Waals surface area (Å²) in [5.41, 5.74) is 0.716. The molecule has 14 heavy (non-hydrogen) atoms. The number of rotatable bonds is 3. The van der Waals surface area contributed by atoms with Gasteiger partial charge in [0, 0.05) is 16.3 Å². The second-order valence-electron chi connectivity index (χ2n) is 3.39. The largest absolute Gasteiger partial charge is 0.392 e. The minimum atomic E-state index is -0.501. The molecule has 0 aromatic carbocycles. The van der Waals surface area contributed by atoms with E-state index in [0.29, 0.717) is 12.1 Å². The maximum absolute atomic E-state index is 11.6. The summed E-state index contributed by atoms with van der Waals surface area (Å²) in [4.78, 5) is 13.7. The fraction of sp³-hybridized carbons (Fsp3) is 0.500. The summed E-state index contributed by atoms with van der Waals surface area (Å²) in [6.45, 7) is 5.84. The maximum atomic E-state index is 11.6. The van der Waals surface area contributed by atoms with Gasteiger partial charge in [-0.2, -0.15) is 0 Å². The van der Waals surface area contributed by atoms with Crippen molar-refractivity contribution in [3.8, 4) is 0 Å². The van der Waals surface area contributed by atoms with Crippen molar-refractivity contribution in [2.24, 2.45) is 0 Å². The lowest BCUT2D eigenvalue weighted by atomic mass is 10.2. The number of hydrogen-bond donors (Lipinski definition) is 2. The number of hydrogen-bond acceptors (Lipinski definition) is 3. The molecule has 78 valence electrons. The Morgan fingerprint density at radius 3 is 2.71 bits per heavy atom. The number of carbonyl (C=O) groups is 1. The van der Waals surface area contributed by atoms with Gasteiger partial charge < -0.3 is 10.4 Å².